The Labute approximate surface area is 316 Å². The molecule has 0 atom stereocenters. The van der Waals surface area contributed by atoms with Gasteiger partial charge >= 0.3 is 29.8 Å². The molecule has 0 N–H and O–H groups in total. The van der Waals surface area contributed by atoms with Gasteiger partial charge in [-0.1, -0.05) is 57.9 Å². The number of ether oxygens (including phenoxy) is 6. The number of esters is 5. The summed E-state index contributed by atoms with van der Waals surface area (Å²) in [5, 5.41) is 0. The average Bonchev–Trinajstić information content (AvgIpc) is 3.10. The van der Waals surface area contributed by atoms with Crippen molar-refractivity contribution in [3.63, 3.8) is 0 Å². The first kappa shape index (κ1) is 43.7. The van der Waals surface area contributed by atoms with Crippen LogP contribution in [0.4, 0.5) is 0 Å². The molecule has 0 fully saturated rings. The number of carbonyl (C=O) groups excluding carboxylic acids is 5. The van der Waals surface area contributed by atoms with Crippen molar-refractivity contribution in [2.75, 3.05) is 6.61 Å². The third-order valence-electron chi connectivity index (χ3n) is 6.80. The van der Waals surface area contributed by atoms with Gasteiger partial charge in [0.2, 0.25) is 0 Å². The molecule has 0 spiro atoms. The summed E-state index contributed by atoms with van der Waals surface area (Å²) in [4.78, 5) is 62.2. The van der Waals surface area contributed by atoms with Gasteiger partial charge in [-0.25, -0.2) is 19.2 Å². The molecule has 0 bridgehead atoms. The molecule has 284 valence electrons. The number of benzene rings is 3. The Morgan fingerprint density at radius 1 is 0.537 bits per heavy atom. The molecule has 0 radical (unpaired) electrons. The lowest BCUT2D eigenvalue weighted by molar-refractivity contribution is -0.133. The first-order valence-corrected chi connectivity index (χ1v) is 16.8. The lowest BCUT2D eigenvalue weighted by Crippen LogP contribution is -2.13. The number of unbranched alkanes of at least 4 members (excludes halogenated alkanes) is 1. The van der Waals surface area contributed by atoms with Gasteiger partial charge in [0.05, 0.1) is 6.61 Å². The van der Waals surface area contributed by atoms with E-state index >= 15 is 0 Å². The molecule has 0 aliphatic rings. The molecule has 0 saturated carbocycles. The fourth-order valence-corrected chi connectivity index (χ4v) is 4.12. The fourth-order valence-electron chi connectivity index (χ4n) is 4.12. The first-order chi connectivity index (χ1) is 25.4. The van der Waals surface area contributed by atoms with Crippen molar-refractivity contribution in [2.45, 2.75) is 61.3 Å². The molecule has 3 aromatic rings. The number of allylic oxidation sites excluding steroid dienone is 1. The standard InChI is InChI=1S/C40H40O11.C3H6/c1-11-12-17-46-33-20-30(28-13-15-31(47-26(10)41)35(19-28)50-39(44)24(6)7)34(49-38(43)23(4)5)21-29(33)27-14-16-32(48-37(42)22(2)3)36(18-27)51-40(45)25(8)9;1-3-2/h13-16,18-21H,2,4,6,8,11-12,17H2,1,3,5,7,9-10H3;3H,1H2,2H3. The second-order valence-corrected chi connectivity index (χ2v) is 12.1. The van der Waals surface area contributed by atoms with E-state index in [1.54, 1.807) is 30.3 Å². The van der Waals surface area contributed by atoms with Crippen LogP contribution in [-0.2, 0) is 24.0 Å². The lowest BCUT2D eigenvalue weighted by atomic mass is 9.97. The molecule has 0 aromatic heterocycles. The second-order valence-electron chi connectivity index (χ2n) is 12.1. The molecule has 3 aromatic carbocycles. The first-order valence-electron chi connectivity index (χ1n) is 16.8. The van der Waals surface area contributed by atoms with Crippen molar-refractivity contribution in [3.05, 3.63) is 110 Å². The van der Waals surface area contributed by atoms with Gasteiger partial charge in [0.25, 0.3) is 0 Å². The zero-order valence-corrected chi connectivity index (χ0v) is 31.8. The quantitative estimate of drug-likeness (QED) is 0.0484. The largest absolute Gasteiger partial charge is 0.493 e. The maximum Gasteiger partial charge on any atom is 0.338 e. The number of hydrogen-bond donors (Lipinski definition) is 0. The third kappa shape index (κ3) is 12.6. The van der Waals surface area contributed by atoms with Gasteiger partial charge in [-0.3, -0.25) is 4.79 Å². The van der Waals surface area contributed by atoms with E-state index in [9.17, 15) is 24.0 Å². The highest BCUT2D eigenvalue weighted by Crippen LogP contribution is 2.45. The van der Waals surface area contributed by atoms with Crippen LogP contribution in [0.3, 0.4) is 0 Å². The number of rotatable bonds is 15. The fraction of sp³-hybridized carbons (Fsp3) is 0.233. The highest BCUT2D eigenvalue weighted by Gasteiger charge is 2.23. The van der Waals surface area contributed by atoms with Crippen LogP contribution in [0.1, 0.15) is 61.3 Å². The summed E-state index contributed by atoms with van der Waals surface area (Å²) < 4.78 is 33.8. The van der Waals surface area contributed by atoms with Crippen LogP contribution in [0.2, 0.25) is 0 Å². The zero-order valence-electron chi connectivity index (χ0n) is 31.8. The monoisotopic (exact) mass is 738 g/mol. The Morgan fingerprint density at radius 2 is 0.889 bits per heavy atom. The maximum atomic E-state index is 12.9. The van der Waals surface area contributed by atoms with Gasteiger partial charge in [0.15, 0.2) is 23.0 Å². The van der Waals surface area contributed by atoms with Crippen molar-refractivity contribution in [1.29, 1.82) is 0 Å². The lowest BCUT2D eigenvalue weighted by Gasteiger charge is -2.19. The molecule has 0 amide bonds. The zero-order chi connectivity index (χ0) is 40.7. The van der Waals surface area contributed by atoms with E-state index in [-0.39, 0.29) is 51.0 Å². The summed E-state index contributed by atoms with van der Waals surface area (Å²) in [5.74, 6) is -3.49. The van der Waals surface area contributed by atoms with Gasteiger partial charge in [-0.2, -0.15) is 0 Å². The highest BCUT2D eigenvalue weighted by molar-refractivity contribution is 5.94. The summed E-state index contributed by atoms with van der Waals surface area (Å²) >= 11 is 0. The molecule has 54 heavy (non-hydrogen) atoms. The molecule has 0 aliphatic heterocycles. The van der Waals surface area contributed by atoms with Gasteiger partial charge < -0.3 is 28.4 Å². The summed E-state index contributed by atoms with van der Waals surface area (Å²) in [7, 11) is 0. The summed E-state index contributed by atoms with van der Waals surface area (Å²) in [6.45, 7) is 29.2. The van der Waals surface area contributed by atoms with Crippen LogP contribution in [0, 0.1) is 0 Å². The van der Waals surface area contributed by atoms with Gasteiger partial charge in [0.1, 0.15) is 11.5 Å². The van der Waals surface area contributed by atoms with Crippen molar-refractivity contribution < 1.29 is 52.4 Å². The van der Waals surface area contributed by atoms with Crippen LogP contribution < -0.4 is 28.4 Å². The van der Waals surface area contributed by atoms with E-state index in [4.69, 9.17) is 28.4 Å². The molecule has 3 rings (SSSR count). The maximum absolute atomic E-state index is 12.9. The number of hydrogen-bond acceptors (Lipinski definition) is 11. The van der Waals surface area contributed by atoms with Crippen LogP contribution in [0.25, 0.3) is 22.3 Å². The molecule has 0 unspecified atom stereocenters. The Hall–Kier alpha value is -6.49. The molecule has 0 saturated heterocycles. The van der Waals surface area contributed by atoms with Crippen molar-refractivity contribution in [1.82, 2.24) is 0 Å². The summed E-state index contributed by atoms with van der Waals surface area (Å²) in [5.41, 5.74) is 2.03. The Bertz CT molecular complexity index is 2000. The summed E-state index contributed by atoms with van der Waals surface area (Å²) in [6, 6.07) is 12.2. The van der Waals surface area contributed by atoms with Crippen LogP contribution >= 0.6 is 0 Å². The van der Waals surface area contributed by atoms with Crippen molar-refractivity contribution in [2.24, 2.45) is 0 Å². The van der Waals surface area contributed by atoms with Gasteiger partial charge in [-0.05, 0) is 88.6 Å². The Balaban J connectivity index is 0.00000325. The van der Waals surface area contributed by atoms with Crippen LogP contribution in [-0.4, -0.2) is 36.5 Å². The summed E-state index contributed by atoms with van der Waals surface area (Å²) in [6.07, 6.45) is 3.28. The van der Waals surface area contributed by atoms with E-state index in [0.717, 1.165) is 6.42 Å². The van der Waals surface area contributed by atoms with E-state index in [0.29, 0.717) is 41.0 Å². The van der Waals surface area contributed by atoms with E-state index < -0.39 is 29.8 Å². The highest BCUT2D eigenvalue weighted by atomic mass is 16.6. The molecule has 11 heteroatoms. The molecular formula is C43H46O11. The second kappa shape index (κ2) is 20.5. The van der Waals surface area contributed by atoms with E-state index in [2.05, 4.69) is 32.9 Å². The molecule has 11 nitrogen and oxygen atoms in total. The Kier molecular flexibility index (Phi) is 16.6. The minimum atomic E-state index is -0.758. The SMILES string of the molecule is C=C(C)C(=O)Oc1cc(-c2cc(OCCCC)c(-c3ccc(OC(=O)C(=C)C)c(OC(=O)C(=C)C)c3)cc2OC(=O)C(=C)C)ccc1OC(C)=O.C=CC. The normalized spacial score (nSPS) is 9.98. The third-order valence-corrected chi connectivity index (χ3v) is 6.80. The van der Waals surface area contributed by atoms with Crippen molar-refractivity contribution >= 4 is 29.8 Å². The average molecular weight is 739 g/mol. The molecule has 0 aliphatic carbocycles. The molecular weight excluding hydrogens is 692 g/mol. The van der Waals surface area contributed by atoms with E-state index in [1.165, 1.54) is 58.9 Å². The minimum absolute atomic E-state index is 0.0263. The van der Waals surface area contributed by atoms with Gasteiger partial charge in [-0.15, -0.1) is 6.58 Å². The van der Waals surface area contributed by atoms with Crippen molar-refractivity contribution in [3.8, 4) is 56.8 Å². The Morgan fingerprint density at radius 3 is 1.28 bits per heavy atom. The van der Waals surface area contributed by atoms with Crippen LogP contribution in [0.15, 0.2) is 110 Å². The van der Waals surface area contributed by atoms with E-state index in [1.807, 2.05) is 13.8 Å². The number of carbonyl (C=O) groups is 5. The van der Waals surface area contributed by atoms with Crippen LogP contribution in [0.5, 0.6) is 34.5 Å². The van der Waals surface area contributed by atoms with Gasteiger partial charge in [0, 0.05) is 40.3 Å². The molecule has 0 heterocycles. The smallest absolute Gasteiger partial charge is 0.338 e. The predicted octanol–water partition coefficient (Wildman–Crippen LogP) is 9.24. The predicted molar refractivity (Wildman–Crippen MR) is 207 cm³/mol. The minimum Gasteiger partial charge on any atom is -0.493 e. The topological polar surface area (TPSA) is 141 Å².